The maximum atomic E-state index is 12.6. The Kier molecular flexibility index (Phi) is 4.72. The summed E-state index contributed by atoms with van der Waals surface area (Å²) in [6.07, 6.45) is 2.89. The van der Waals surface area contributed by atoms with E-state index < -0.39 is 0 Å². The SMILES string of the molecule is COc1ccc(C2CC=C(C(=O)c3cccc(OC)c3)S2)cc1. The Morgan fingerprint density at radius 1 is 1.04 bits per heavy atom. The van der Waals surface area contributed by atoms with Crippen molar-refractivity contribution in [1.29, 1.82) is 0 Å². The Labute approximate surface area is 140 Å². The molecule has 2 aromatic rings. The van der Waals surface area contributed by atoms with E-state index in [1.807, 2.05) is 36.4 Å². The average Bonchev–Trinajstić information content (AvgIpc) is 3.11. The van der Waals surface area contributed by atoms with Crippen molar-refractivity contribution in [3.05, 3.63) is 70.6 Å². The zero-order valence-electron chi connectivity index (χ0n) is 13.1. The second-order valence-electron chi connectivity index (χ2n) is 5.24. The number of ether oxygens (including phenoxy) is 2. The van der Waals surface area contributed by atoms with Crippen molar-refractivity contribution in [3.63, 3.8) is 0 Å². The van der Waals surface area contributed by atoms with E-state index in [0.29, 0.717) is 11.3 Å². The summed E-state index contributed by atoms with van der Waals surface area (Å²) < 4.78 is 10.4. The largest absolute Gasteiger partial charge is 0.497 e. The summed E-state index contributed by atoms with van der Waals surface area (Å²) in [5.74, 6) is 1.61. The molecule has 3 nitrogen and oxygen atoms in total. The molecule has 2 aromatic carbocycles. The van der Waals surface area contributed by atoms with Gasteiger partial charge in [-0.2, -0.15) is 0 Å². The van der Waals surface area contributed by atoms with Gasteiger partial charge < -0.3 is 9.47 Å². The van der Waals surface area contributed by atoms with Crippen LogP contribution in [0.15, 0.2) is 59.5 Å². The van der Waals surface area contributed by atoms with Gasteiger partial charge in [0.25, 0.3) is 0 Å². The smallest absolute Gasteiger partial charge is 0.199 e. The first kappa shape index (κ1) is 15.7. The van der Waals surface area contributed by atoms with Crippen LogP contribution in [-0.2, 0) is 0 Å². The van der Waals surface area contributed by atoms with Gasteiger partial charge in [0.15, 0.2) is 5.78 Å². The van der Waals surface area contributed by atoms with Gasteiger partial charge in [0.1, 0.15) is 11.5 Å². The number of hydrogen-bond acceptors (Lipinski definition) is 4. The highest BCUT2D eigenvalue weighted by Crippen LogP contribution is 2.45. The molecule has 0 aromatic heterocycles. The molecule has 0 aliphatic carbocycles. The lowest BCUT2D eigenvalue weighted by molar-refractivity contribution is 0.104. The average molecular weight is 326 g/mol. The normalized spacial score (nSPS) is 16.8. The summed E-state index contributed by atoms with van der Waals surface area (Å²) in [5, 5.41) is 0.283. The van der Waals surface area contributed by atoms with Crippen molar-refractivity contribution in [2.45, 2.75) is 11.7 Å². The highest BCUT2D eigenvalue weighted by molar-refractivity contribution is 8.04. The Morgan fingerprint density at radius 3 is 2.48 bits per heavy atom. The van der Waals surface area contributed by atoms with Gasteiger partial charge in [0, 0.05) is 10.8 Å². The number of carbonyl (C=O) groups is 1. The molecule has 0 bridgehead atoms. The van der Waals surface area contributed by atoms with Gasteiger partial charge in [-0.3, -0.25) is 4.79 Å². The number of methoxy groups -OCH3 is 2. The Bertz CT molecular complexity index is 735. The van der Waals surface area contributed by atoms with Gasteiger partial charge in [0.2, 0.25) is 0 Å². The van der Waals surface area contributed by atoms with Crippen molar-refractivity contribution in [2.24, 2.45) is 0 Å². The quantitative estimate of drug-likeness (QED) is 0.749. The first-order chi connectivity index (χ1) is 11.2. The fourth-order valence-electron chi connectivity index (χ4n) is 2.54. The summed E-state index contributed by atoms with van der Waals surface area (Å²) in [7, 11) is 3.26. The molecule has 0 fully saturated rings. The number of Topliss-reactive ketones (excluding diaryl/α,β-unsaturated/α-hetero) is 1. The monoisotopic (exact) mass is 326 g/mol. The third-order valence-corrected chi connectivity index (χ3v) is 5.18. The number of benzene rings is 2. The maximum absolute atomic E-state index is 12.6. The molecule has 1 heterocycles. The molecule has 23 heavy (non-hydrogen) atoms. The van der Waals surface area contributed by atoms with E-state index in [-0.39, 0.29) is 11.0 Å². The molecule has 0 saturated carbocycles. The third kappa shape index (κ3) is 3.42. The fraction of sp³-hybridized carbons (Fsp3) is 0.211. The molecular formula is C19H18O3S. The molecule has 0 spiro atoms. The Morgan fingerprint density at radius 2 is 1.78 bits per heavy atom. The van der Waals surface area contributed by atoms with Crippen molar-refractivity contribution in [1.82, 2.24) is 0 Å². The number of carbonyl (C=O) groups excluding carboxylic acids is 1. The zero-order chi connectivity index (χ0) is 16.2. The predicted octanol–water partition coefficient (Wildman–Crippen LogP) is 4.65. The Balaban J connectivity index is 1.71. The number of hydrogen-bond donors (Lipinski definition) is 0. The van der Waals surface area contributed by atoms with E-state index in [4.69, 9.17) is 9.47 Å². The van der Waals surface area contributed by atoms with Crippen LogP contribution in [0.5, 0.6) is 11.5 Å². The molecule has 0 radical (unpaired) electrons. The molecule has 1 aliphatic heterocycles. The van der Waals surface area contributed by atoms with Gasteiger partial charge in [0.05, 0.1) is 19.1 Å². The number of thioether (sulfide) groups is 1. The van der Waals surface area contributed by atoms with Crippen molar-refractivity contribution < 1.29 is 14.3 Å². The molecular weight excluding hydrogens is 308 g/mol. The summed E-state index contributed by atoms with van der Waals surface area (Å²) in [4.78, 5) is 13.4. The van der Waals surface area contributed by atoms with Crippen LogP contribution in [0.4, 0.5) is 0 Å². The van der Waals surface area contributed by atoms with Crippen LogP contribution >= 0.6 is 11.8 Å². The van der Waals surface area contributed by atoms with E-state index in [9.17, 15) is 4.79 Å². The second-order valence-corrected chi connectivity index (χ2v) is 6.49. The molecule has 4 heteroatoms. The molecule has 0 N–H and O–H groups in total. The van der Waals surface area contributed by atoms with Crippen LogP contribution in [0, 0.1) is 0 Å². The highest BCUT2D eigenvalue weighted by Gasteiger charge is 2.25. The summed E-state index contributed by atoms with van der Waals surface area (Å²) in [5.41, 5.74) is 1.87. The molecule has 0 saturated heterocycles. The predicted molar refractivity (Wildman–Crippen MR) is 93.4 cm³/mol. The van der Waals surface area contributed by atoms with E-state index in [1.165, 1.54) is 5.56 Å². The molecule has 1 aliphatic rings. The van der Waals surface area contributed by atoms with Crippen molar-refractivity contribution in [2.75, 3.05) is 14.2 Å². The summed E-state index contributed by atoms with van der Waals surface area (Å²) >= 11 is 1.62. The van der Waals surface area contributed by atoms with Gasteiger partial charge >= 0.3 is 0 Å². The summed E-state index contributed by atoms with van der Waals surface area (Å²) in [6.45, 7) is 0. The van der Waals surface area contributed by atoms with Gasteiger partial charge in [-0.05, 0) is 36.2 Å². The van der Waals surface area contributed by atoms with Crippen LogP contribution in [0.2, 0.25) is 0 Å². The first-order valence-electron chi connectivity index (χ1n) is 7.41. The molecule has 0 amide bonds. The van der Waals surface area contributed by atoms with Crippen molar-refractivity contribution >= 4 is 17.5 Å². The lowest BCUT2D eigenvalue weighted by atomic mass is 10.1. The minimum Gasteiger partial charge on any atom is -0.497 e. The summed E-state index contributed by atoms with van der Waals surface area (Å²) in [6, 6.07) is 15.3. The van der Waals surface area contributed by atoms with Gasteiger partial charge in [-0.25, -0.2) is 0 Å². The first-order valence-corrected chi connectivity index (χ1v) is 8.28. The highest BCUT2D eigenvalue weighted by atomic mass is 32.2. The minimum absolute atomic E-state index is 0.0601. The molecule has 3 rings (SSSR count). The standard InChI is InChI=1S/C19H18O3S/c1-21-15-8-6-13(7-9-15)17-10-11-18(23-17)19(20)14-4-3-5-16(12-14)22-2/h3-9,11-12,17H,10H2,1-2H3. The number of allylic oxidation sites excluding steroid dienone is 2. The van der Waals surface area contributed by atoms with Crippen LogP contribution in [0.3, 0.4) is 0 Å². The van der Waals surface area contributed by atoms with Crippen LogP contribution < -0.4 is 9.47 Å². The van der Waals surface area contributed by atoms with E-state index in [1.54, 1.807) is 32.0 Å². The minimum atomic E-state index is 0.0601. The van der Waals surface area contributed by atoms with E-state index in [0.717, 1.165) is 17.1 Å². The van der Waals surface area contributed by atoms with Crippen LogP contribution in [0.1, 0.15) is 27.6 Å². The third-order valence-electron chi connectivity index (χ3n) is 3.83. The van der Waals surface area contributed by atoms with Gasteiger partial charge in [-0.1, -0.05) is 30.3 Å². The van der Waals surface area contributed by atoms with Gasteiger partial charge in [-0.15, -0.1) is 11.8 Å². The van der Waals surface area contributed by atoms with Crippen molar-refractivity contribution in [3.8, 4) is 11.5 Å². The second kappa shape index (κ2) is 6.92. The zero-order valence-corrected chi connectivity index (χ0v) is 13.9. The van der Waals surface area contributed by atoms with E-state index >= 15 is 0 Å². The Hall–Kier alpha value is -2.20. The van der Waals surface area contributed by atoms with Crippen LogP contribution in [-0.4, -0.2) is 20.0 Å². The molecule has 118 valence electrons. The lowest BCUT2D eigenvalue weighted by Gasteiger charge is -2.11. The molecule has 1 atom stereocenters. The van der Waals surface area contributed by atoms with Crippen LogP contribution in [0.25, 0.3) is 0 Å². The fourth-order valence-corrected chi connectivity index (χ4v) is 3.75. The number of rotatable bonds is 5. The maximum Gasteiger partial charge on any atom is 0.199 e. The van der Waals surface area contributed by atoms with E-state index in [2.05, 4.69) is 12.1 Å². The topological polar surface area (TPSA) is 35.5 Å². The lowest BCUT2D eigenvalue weighted by Crippen LogP contribution is -2.00. The number of ketones is 1. The molecule has 1 unspecified atom stereocenters.